The van der Waals surface area contributed by atoms with Gasteiger partial charge in [-0.25, -0.2) is 8.42 Å². The van der Waals surface area contributed by atoms with E-state index in [1.54, 1.807) is 25.1 Å². The Balaban J connectivity index is 1.88. The Morgan fingerprint density at radius 2 is 1.90 bits per heavy atom. The van der Waals surface area contributed by atoms with Gasteiger partial charge in [-0.05, 0) is 43.5 Å². The lowest BCUT2D eigenvalue weighted by atomic mass is 9.83. The molecule has 0 bridgehead atoms. The van der Waals surface area contributed by atoms with E-state index in [1.807, 2.05) is 24.3 Å². The number of anilines is 1. The number of para-hydroxylation sites is 1. The van der Waals surface area contributed by atoms with Crippen LogP contribution in [0.5, 0.6) is 5.75 Å². The zero-order chi connectivity index (χ0) is 22.8. The van der Waals surface area contributed by atoms with E-state index >= 15 is 0 Å². The van der Waals surface area contributed by atoms with Gasteiger partial charge in [-0.1, -0.05) is 49.7 Å². The molecule has 1 amide bonds. The highest BCUT2D eigenvalue weighted by molar-refractivity contribution is 7.92. The zero-order valence-corrected chi connectivity index (χ0v) is 19.9. The van der Waals surface area contributed by atoms with E-state index in [0.29, 0.717) is 17.1 Å². The van der Waals surface area contributed by atoms with Crippen molar-refractivity contribution in [1.82, 2.24) is 5.32 Å². The van der Waals surface area contributed by atoms with Gasteiger partial charge in [0, 0.05) is 17.0 Å². The summed E-state index contributed by atoms with van der Waals surface area (Å²) in [6.07, 6.45) is 3.32. The normalized spacial score (nSPS) is 17.4. The first-order valence-electron chi connectivity index (χ1n) is 10.4. The van der Waals surface area contributed by atoms with Crippen LogP contribution in [0, 0.1) is 6.92 Å². The van der Waals surface area contributed by atoms with Gasteiger partial charge in [-0.15, -0.1) is 0 Å². The first-order valence-corrected chi connectivity index (χ1v) is 12.6. The van der Waals surface area contributed by atoms with E-state index in [0.717, 1.165) is 40.3 Å². The molecule has 1 heterocycles. The van der Waals surface area contributed by atoms with Gasteiger partial charge in [0.1, 0.15) is 17.9 Å². The second-order valence-electron chi connectivity index (χ2n) is 8.05. The molecule has 0 unspecified atom stereocenters. The summed E-state index contributed by atoms with van der Waals surface area (Å²) < 4.78 is 32.4. The maximum Gasteiger partial charge on any atom is 0.241 e. The standard InChI is InChI=1S/C23H29ClN2O4S/c1-5-23(6-2)14-19(18-9-7-8-10-21(18)30-23)25-22(27)15-26(31(4,28)29)20-13-17(24)12-11-16(20)3/h7-13,19H,5-6,14-15H2,1-4H3,(H,25,27)/t19-/m1/s1. The smallest absolute Gasteiger partial charge is 0.241 e. The van der Waals surface area contributed by atoms with Gasteiger partial charge in [0.15, 0.2) is 0 Å². The molecule has 0 saturated heterocycles. The molecule has 0 aliphatic carbocycles. The van der Waals surface area contributed by atoms with Gasteiger partial charge >= 0.3 is 0 Å². The molecule has 0 fully saturated rings. The van der Waals surface area contributed by atoms with Crippen LogP contribution in [0.1, 0.15) is 50.3 Å². The Kier molecular flexibility index (Phi) is 6.86. The predicted octanol–water partition coefficient (Wildman–Crippen LogP) is 4.61. The van der Waals surface area contributed by atoms with Gasteiger partial charge in [0.25, 0.3) is 0 Å². The maximum absolute atomic E-state index is 13.0. The average molecular weight is 465 g/mol. The van der Waals surface area contributed by atoms with E-state index in [2.05, 4.69) is 19.2 Å². The van der Waals surface area contributed by atoms with Crippen LogP contribution < -0.4 is 14.4 Å². The maximum atomic E-state index is 13.0. The van der Waals surface area contributed by atoms with E-state index in [4.69, 9.17) is 16.3 Å². The Morgan fingerprint density at radius 1 is 1.23 bits per heavy atom. The molecule has 3 rings (SSSR count). The summed E-state index contributed by atoms with van der Waals surface area (Å²) in [7, 11) is -3.70. The van der Waals surface area contributed by atoms with Crippen molar-refractivity contribution in [2.45, 2.75) is 51.7 Å². The number of carbonyl (C=O) groups is 1. The molecule has 0 aromatic heterocycles. The molecule has 2 aromatic rings. The molecule has 1 atom stereocenters. The van der Waals surface area contributed by atoms with Crippen LogP contribution in [-0.4, -0.2) is 32.7 Å². The third-order valence-electron chi connectivity index (χ3n) is 5.95. The number of halogens is 1. The van der Waals surface area contributed by atoms with Crippen LogP contribution in [0.3, 0.4) is 0 Å². The number of fused-ring (bicyclic) bond motifs is 1. The molecule has 1 aliphatic rings. The fourth-order valence-corrected chi connectivity index (χ4v) is 5.10. The van der Waals surface area contributed by atoms with Crippen molar-refractivity contribution >= 4 is 33.2 Å². The van der Waals surface area contributed by atoms with E-state index < -0.39 is 10.0 Å². The number of sulfonamides is 1. The fourth-order valence-electron chi connectivity index (χ4n) is 4.03. The van der Waals surface area contributed by atoms with Gasteiger partial charge < -0.3 is 10.1 Å². The number of benzene rings is 2. The quantitative estimate of drug-likeness (QED) is 0.649. The van der Waals surface area contributed by atoms with Crippen LogP contribution in [0.4, 0.5) is 5.69 Å². The summed E-state index contributed by atoms with van der Waals surface area (Å²) >= 11 is 6.09. The second-order valence-corrected chi connectivity index (χ2v) is 10.4. The molecule has 6 nitrogen and oxygen atoms in total. The molecule has 0 saturated carbocycles. The van der Waals surface area contributed by atoms with Crippen molar-refractivity contribution in [3.8, 4) is 5.75 Å². The van der Waals surface area contributed by atoms with Gasteiger partial charge in [0.2, 0.25) is 15.9 Å². The number of aryl methyl sites for hydroxylation is 1. The fraction of sp³-hybridized carbons (Fsp3) is 0.435. The van der Waals surface area contributed by atoms with Crippen molar-refractivity contribution < 1.29 is 17.9 Å². The first-order chi connectivity index (χ1) is 14.6. The lowest BCUT2D eigenvalue weighted by Gasteiger charge is -2.41. The monoisotopic (exact) mass is 464 g/mol. The Hall–Kier alpha value is -2.25. The number of amides is 1. The van der Waals surface area contributed by atoms with E-state index in [9.17, 15) is 13.2 Å². The largest absolute Gasteiger partial charge is 0.487 e. The highest BCUT2D eigenvalue weighted by atomic mass is 35.5. The Morgan fingerprint density at radius 3 is 2.55 bits per heavy atom. The summed E-state index contributed by atoms with van der Waals surface area (Å²) in [6, 6.07) is 12.4. The number of hydrogen-bond donors (Lipinski definition) is 1. The molecular formula is C23H29ClN2O4S. The minimum absolute atomic E-state index is 0.265. The van der Waals surface area contributed by atoms with E-state index in [1.165, 1.54) is 0 Å². The van der Waals surface area contributed by atoms with Crippen LogP contribution >= 0.6 is 11.6 Å². The van der Waals surface area contributed by atoms with Crippen LogP contribution in [0.2, 0.25) is 5.02 Å². The van der Waals surface area contributed by atoms with Crippen molar-refractivity contribution in [2.24, 2.45) is 0 Å². The van der Waals surface area contributed by atoms with Gasteiger partial charge in [-0.3, -0.25) is 9.10 Å². The summed E-state index contributed by atoms with van der Waals surface area (Å²) in [5.74, 6) is 0.376. The lowest BCUT2D eigenvalue weighted by molar-refractivity contribution is -0.121. The summed E-state index contributed by atoms with van der Waals surface area (Å²) in [5, 5.41) is 3.45. The average Bonchev–Trinajstić information content (AvgIpc) is 2.73. The number of rotatable bonds is 7. The highest BCUT2D eigenvalue weighted by Gasteiger charge is 2.39. The molecule has 168 valence electrons. The highest BCUT2D eigenvalue weighted by Crippen LogP contribution is 2.42. The zero-order valence-electron chi connectivity index (χ0n) is 18.3. The molecule has 0 spiro atoms. The number of ether oxygens (including phenoxy) is 1. The minimum Gasteiger partial charge on any atom is -0.487 e. The van der Waals surface area contributed by atoms with Crippen molar-refractivity contribution in [3.63, 3.8) is 0 Å². The second kappa shape index (κ2) is 9.09. The van der Waals surface area contributed by atoms with Gasteiger partial charge in [0.05, 0.1) is 18.0 Å². The van der Waals surface area contributed by atoms with Crippen LogP contribution in [0.25, 0.3) is 0 Å². The SMILES string of the molecule is CCC1(CC)C[C@@H](NC(=O)CN(c2cc(Cl)ccc2C)S(C)(=O)=O)c2ccccc2O1. The third-order valence-corrected chi connectivity index (χ3v) is 7.31. The van der Waals surface area contributed by atoms with Gasteiger partial charge in [-0.2, -0.15) is 0 Å². The molecule has 0 radical (unpaired) electrons. The van der Waals surface area contributed by atoms with E-state index in [-0.39, 0.29) is 24.1 Å². The number of nitrogens with zero attached hydrogens (tertiary/aromatic N) is 1. The number of hydrogen-bond acceptors (Lipinski definition) is 4. The molecule has 1 N–H and O–H groups in total. The third kappa shape index (κ3) is 5.15. The van der Waals surface area contributed by atoms with Crippen molar-refractivity contribution in [3.05, 3.63) is 58.6 Å². The molecule has 31 heavy (non-hydrogen) atoms. The number of carbonyl (C=O) groups excluding carboxylic acids is 1. The molecule has 2 aromatic carbocycles. The van der Waals surface area contributed by atoms with Crippen LogP contribution in [0.15, 0.2) is 42.5 Å². The van der Waals surface area contributed by atoms with Crippen molar-refractivity contribution in [2.75, 3.05) is 17.1 Å². The first kappa shape index (κ1) is 23.4. The Labute approximate surface area is 189 Å². The topological polar surface area (TPSA) is 75.7 Å². The predicted molar refractivity (Wildman–Crippen MR) is 124 cm³/mol. The minimum atomic E-state index is -3.70. The van der Waals surface area contributed by atoms with Crippen molar-refractivity contribution in [1.29, 1.82) is 0 Å². The lowest BCUT2D eigenvalue weighted by Crippen LogP contribution is -2.47. The molecule has 8 heteroatoms. The number of nitrogens with one attached hydrogen (secondary N) is 1. The summed E-state index contributed by atoms with van der Waals surface area (Å²) in [4.78, 5) is 13.0. The summed E-state index contributed by atoms with van der Waals surface area (Å²) in [5.41, 5.74) is 1.65. The molecular weight excluding hydrogens is 436 g/mol. The Bertz CT molecular complexity index is 1070. The molecule has 1 aliphatic heterocycles. The van der Waals surface area contributed by atoms with Crippen LogP contribution in [-0.2, 0) is 14.8 Å². The summed E-state index contributed by atoms with van der Waals surface area (Å²) in [6.45, 7) is 5.60.